The van der Waals surface area contributed by atoms with Gasteiger partial charge in [0.15, 0.2) is 0 Å². The third kappa shape index (κ3) is 3.55. The molecule has 3 N–H and O–H groups in total. The second-order valence-corrected chi connectivity index (χ2v) is 5.60. The average Bonchev–Trinajstić information content (AvgIpc) is 2.64. The molecule has 0 aliphatic carbocycles. The lowest BCUT2D eigenvalue weighted by molar-refractivity contribution is 0.337. The summed E-state index contributed by atoms with van der Waals surface area (Å²) < 4.78 is 1.21. The predicted octanol–water partition coefficient (Wildman–Crippen LogP) is 3.32. The van der Waals surface area contributed by atoms with Gasteiger partial charge in [0.05, 0.1) is 0 Å². The average molecular weight is 291 g/mol. The van der Waals surface area contributed by atoms with Crippen LogP contribution < -0.4 is 11.3 Å². The molecule has 4 heteroatoms. The topological polar surface area (TPSA) is 38.0 Å². The van der Waals surface area contributed by atoms with Gasteiger partial charge in [-0.1, -0.05) is 26.7 Å². The Morgan fingerprint density at radius 3 is 2.53 bits per heavy atom. The normalized spacial score (nSPS) is 13.4. The van der Waals surface area contributed by atoms with Crippen LogP contribution in [0.15, 0.2) is 15.9 Å². The van der Waals surface area contributed by atoms with E-state index in [1.54, 1.807) is 11.3 Å². The predicted molar refractivity (Wildman–Crippen MR) is 70.9 cm³/mol. The Bertz CT molecular complexity index is 284. The van der Waals surface area contributed by atoms with Crippen molar-refractivity contribution in [3.8, 4) is 0 Å². The number of hydrogen-bond donors (Lipinski definition) is 2. The smallest absolute Gasteiger partial charge is 0.0314 e. The summed E-state index contributed by atoms with van der Waals surface area (Å²) >= 11 is 5.35. The molecule has 15 heavy (non-hydrogen) atoms. The van der Waals surface area contributed by atoms with Crippen molar-refractivity contribution in [2.75, 3.05) is 0 Å². The van der Waals surface area contributed by atoms with Gasteiger partial charge < -0.3 is 0 Å². The number of rotatable bonds is 6. The molecule has 0 saturated carbocycles. The third-order valence-corrected chi connectivity index (χ3v) is 4.88. The van der Waals surface area contributed by atoms with Crippen LogP contribution in [-0.2, 0) is 6.42 Å². The van der Waals surface area contributed by atoms with E-state index in [2.05, 4.69) is 46.6 Å². The van der Waals surface area contributed by atoms with E-state index in [1.165, 1.54) is 22.2 Å². The molecule has 0 aliphatic rings. The van der Waals surface area contributed by atoms with E-state index < -0.39 is 0 Å². The van der Waals surface area contributed by atoms with Crippen LogP contribution in [0.1, 0.15) is 31.6 Å². The van der Waals surface area contributed by atoms with Crippen LogP contribution in [0.2, 0.25) is 0 Å². The van der Waals surface area contributed by atoms with Crippen molar-refractivity contribution >= 4 is 27.3 Å². The first-order chi connectivity index (χ1) is 7.22. The van der Waals surface area contributed by atoms with Gasteiger partial charge in [-0.3, -0.25) is 11.3 Å². The van der Waals surface area contributed by atoms with Gasteiger partial charge >= 0.3 is 0 Å². The van der Waals surface area contributed by atoms with E-state index in [0.29, 0.717) is 12.0 Å². The minimum absolute atomic E-state index is 0.384. The summed E-state index contributed by atoms with van der Waals surface area (Å²) in [6.45, 7) is 4.45. The lowest BCUT2D eigenvalue weighted by atomic mass is 9.92. The Morgan fingerprint density at radius 2 is 2.13 bits per heavy atom. The highest BCUT2D eigenvalue weighted by Crippen LogP contribution is 2.26. The van der Waals surface area contributed by atoms with E-state index in [4.69, 9.17) is 5.84 Å². The molecule has 2 nitrogen and oxygen atoms in total. The van der Waals surface area contributed by atoms with Crippen LogP contribution in [0.3, 0.4) is 0 Å². The second-order valence-electron chi connectivity index (χ2n) is 3.75. The van der Waals surface area contributed by atoms with Crippen LogP contribution in [0.5, 0.6) is 0 Å². The monoisotopic (exact) mass is 290 g/mol. The summed E-state index contributed by atoms with van der Waals surface area (Å²) in [5, 5.41) is 2.11. The highest BCUT2D eigenvalue weighted by Gasteiger charge is 2.18. The summed E-state index contributed by atoms with van der Waals surface area (Å²) in [4.78, 5) is 1.38. The molecule has 0 aromatic carbocycles. The highest BCUT2D eigenvalue weighted by atomic mass is 79.9. The highest BCUT2D eigenvalue weighted by molar-refractivity contribution is 9.10. The molecular formula is C11H19BrN2S. The second kappa shape index (κ2) is 6.63. The molecule has 1 atom stereocenters. The number of halogens is 1. The standard InChI is InChI=1S/C11H19BrN2S/c1-3-8(4-2)10(14-13)7-11-9(12)5-6-15-11/h5-6,8,10,14H,3-4,7,13H2,1-2H3. The molecule has 0 saturated heterocycles. The van der Waals surface area contributed by atoms with Gasteiger partial charge in [-0.2, -0.15) is 0 Å². The molecule has 1 heterocycles. The molecular weight excluding hydrogens is 272 g/mol. The molecule has 0 amide bonds. The van der Waals surface area contributed by atoms with Crippen LogP contribution in [-0.4, -0.2) is 6.04 Å². The van der Waals surface area contributed by atoms with Crippen molar-refractivity contribution in [2.45, 2.75) is 39.2 Å². The van der Waals surface area contributed by atoms with Gasteiger partial charge in [0.2, 0.25) is 0 Å². The van der Waals surface area contributed by atoms with Gasteiger partial charge in [-0.15, -0.1) is 11.3 Å². The Kier molecular flexibility index (Phi) is 5.82. The van der Waals surface area contributed by atoms with E-state index in [0.717, 1.165) is 6.42 Å². The van der Waals surface area contributed by atoms with Gasteiger partial charge in [0.25, 0.3) is 0 Å². The number of thiophene rings is 1. The molecule has 86 valence electrons. The van der Waals surface area contributed by atoms with Crippen LogP contribution >= 0.6 is 27.3 Å². The van der Waals surface area contributed by atoms with E-state index in [1.807, 2.05) is 0 Å². The lowest BCUT2D eigenvalue weighted by Crippen LogP contribution is -2.42. The van der Waals surface area contributed by atoms with Crippen molar-refractivity contribution in [1.82, 2.24) is 5.43 Å². The summed E-state index contributed by atoms with van der Waals surface area (Å²) in [7, 11) is 0. The number of hydrogen-bond acceptors (Lipinski definition) is 3. The zero-order valence-electron chi connectivity index (χ0n) is 9.29. The van der Waals surface area contributed by atoms with Gasteiger partial charge in [0.1, 0.15) is 0 Å². The summed E-state index contributed by atoms with van der Waals surface area (Å²) in [6, 6.07) is 2.48. The Balaban J connectivity index is 2.64. The molecule has 1 aromatic heterocycles. The maximum atomic E-state index is 5.63. The molecule has 0 spiro atoms. The van der Waals surface area contributed by atoms with Crippen molar-refractivity contribution in [3.63, 3.8) is 0 Å². The minimum atomic E-state index is 0.384. The van der Waals surface area contributed by atoms with E-state index in [9.17, 15) is 0 Å². The quantitative estimate of drug-likeness (QED) is 0.623. The van der Waals surface area contributed by atoms with E-state index >= 15 is 0 Å². The Morgan fingerprint density at radius 1 is 1.47 bits per heavy atom. The van der Waals surface area contributed by atoms with Crippen molar-refractivity contribution in [1.29, 1.82) is 0 Å². The third-order valence-electron chi connectivity index (χ3n) is 2.93. The first kappa shape index (κ1) is 13.2. The summed E-state index contributed by atoms with van der Waals surface area (Å²) in [6.07, 6.45) is 3.36. The van der Waals surface area contributed by atoms with Crippen molar-refractivity contribution in [3.05, 3.63) is 20.8 Å². The summed E-state index contributed by atoms with van der Waals surface area (Å²) in [5.74, 6) is 6.29. The molecule has 0 fully saturated rings. The fourth-order valence-electron chi connectivity index (χ4n) is 1.89. The molecule has 1 rings (SSSR count). The van der Waals surface area contributed by atoms with Gasteiger partial charge in [-0.05, 0) is 39.7 Å². The lowest BCUT2D eigenvalue weighted by Gasteiger charge is -2.24. The SMILES string of the molecule is CCC(CC)C(Cc1sccc1Br)NN. The molecule has 0 aliphatic heterocycles. The fraction of sp³-hybridized carbons (Fsp3) is 0.636. The van der Waals surface area contributed by atoms with Gasteiger partial charge in [0, 0.05) is 15.4 Å². The Hall–Kier alpha value is 0.1000. The largest absolute Gasteiger partial charge is 0.271 e. The maximum absolute atomic E-state index is 5.63. The maximum Gasteiger partial charge on any atom is 0.0314 e. The molecule has 0 radical (unpaired) electrons. The first-order valence-electron chi connectivity index (χ1n) is 5.40. The molecule has 0 bridgehead atoms. The van der Waals surface area contributed by atoms with Crippen LogP contribution in [0.4, 0.5) is 0 Å². The number of nitrogens with one attached hydrogen (secondary N) is 1. The first-order valence-corrected chi connectivity index (χ1v) is 7.08. The van der Waals surface area contributed by atoms with E-state index in [-0.39, 0.29) is 0 Å². The number of hydrazine groups is 1. The molecule has 1 unspecified atom stereocenters. The van der Waals surface area contributed by atoms with Gasteiger partial charge in [-0.25, -0.2) is 0 Å². The van der Waals surface area contributed by atoms with Crippen molar-refractivity contribution in [2.24, 2.45) is 11.8 Å². The van der Waals surface area contributed by atoms with Crippen LogP contribution in [0, 0.1) is 5.92 Å². The fourth-order valence-corrected chi connectivity index (χ4v) is 3.46. The molecule has 1 aromatic rings. The minimum Gasteiger partial charge on any atom is -0.271 e. The summed E-state index contributed by atoms with van der Waals surface area (Å²) in [5.41, 5.74) is 2.96. The number of nitrogens with two attached hydrogens (primary N) is 1. The zero-order chi connectivity index (χ0) is 11.3. The zero-order valence-corrected chi connectivity index (χ0v) is 11.7. The van der Waals surface area contributed by atoms with Crippen LogP contribution in [0.25, 0.3) is 0 Å². The van der Waals surface area contributed by atoms with Crippen molar-refractivity contribution < 1.29 is 0 Å². The Labute approximate surface area is 104 Å².